The number of nitrogens with zero attached hydrogens (tertiary/aromatic N) is 4. The first-order chi connectivity index (χ1) is 14.4. The highest BCUT2D eigenvalue weighted by Gasteiger charge is 2.25. The van der Waals surface area contributed by atoms with Crippen LogP contribution in [0.5, 0.6) is 0 Å². The zero-order valence-corrected chi connectivity index (χ0v) is 16.6. The zero-order chi connectivity index (χ0) is 21.7. The molecule has 0 aromatic heterocycles. The number of nitrogen functional groups attached to an aromatic ring is 1. The van der Waals surface area contributed by atoms with E-state index in [1.165, 1.54) is 19.2 Å². The van der Waals surface area contributed by atoms with E-state index in [0.717, 1.165) is 4.90 Å². The summed E-state index contributed by atoms with van der Waals surface area (Å²) >= 11 is 0. The first-order valence-electron chi connectivity index (χ1n) is 9.46. The first-order valence-corrected chi connectivity index (χ1v) is 9.46. The Kier molecular flexibility index (Phi) is 6.32. The molecule has 30 heavy (non-hydrogen) atoms. The Bertz CT molecular complexity index is 1000. The average Bonchev–Trinajstić information content (AvgIpc) is 2.74. The fourth-order valence-electron chi connectivity index (χ4n) is 3.30. The third kappa shape index (κ3) is 4.58. The molecule has 2 aromatic carbocycles. The molecular formula is C22H22FN5O2. The third-order valence-electron chi connectivity index (χ3n) is 4.84. The van der Waals surface area contributed by atoms with Crippen molar-refractivity contribution < 1.29 is 14.0 Å². The zero-order valence-electron chi connectivity index (χ0n) is 16.6. The Balaban J connectivity index is 1.74. The molecule has 1 aliphatic rings. The summed E-state index contributed by atoms with van der Waals surface area (Å²) in [5.74, 6) is -1.49. The molecule has 1 heterocycles. The molecule has 0 unspecified atom stereocenters. The van der Waals surface area contributed by atoms with Crippen LogP contribution in [0.4, 0.5) is 21.5 Å². The highest BCUT2D eigenvalue weighted by atomic mass is 19.1. The number of imide groups is 1. The minimum absolute atomic E-state index is 0.152. The second-order valence-corrected chi connectivity index (χ2v) is 6.88. The number of nitriles is 1. The van der Waals surface area contributed by atoms with E-state index < -0.39 is 11.8 Å². The molecule has 3 rings (SSSR count). The summed E-state index contributed by atoms with van der Waals surface area (Å²) in [5.41, 5.74) is 6.88. The van der Waals surface area contributed by atoms with Crippen LogP contribution in [0, 0.1) is 17.1 Å². The molecule has 0 aliphatic carbocycles. The van der Waals surface area contributed by atoms with Crippen molar-refractivity contribution in [2.75, 3.05) is 41.7 Å². The minimum Gasteiger partial charge on any atom is -0.399 e. The molecule has 0 radical (unpaired) electrons. The molecular weight excluding hydrogens is 385 g/mol. The molecule has 2 N–H and O–H groups in total. The van der Waals surface area contributed by atoms with Crippen molar-refractivity contribution in [1.82, 2.24) is 4.90 Å². The molecule has 2 amide bonds. The molecule has 0 atom stereocenters. The maximum absolute atomic E-state index is 14.0. The van der Waals surface area contributed by atoms with Crippen LogP contribution in [-0.4, -0.2) is 42.9 Å². The van der Waals surface area contributed by atoms with E-state index in [9.17, 15) is 19.2 Å². The van der Waals surface area contributed by atoms with Crippen molar-refractivity contribution in [2.45, 2.75) is 6.92 Å². The number of carbonyl (C=O) groups is 2. The second-order valence-electron chi connectivity index (χ2n) is 6.88. The number of hydrogen-bond donors (Lipinski definition) is 1. The van der Waals surface area contributed by atoms with Gasteiger partial charge in [0, 0.05) is 45.0 Å². The van der Waals surface area contributed by atoms with Crippen molar-refractivity contribution in [3.05, 3.63) is 66.1 Å². The quantitative estimate of drug-likeness (QED) is 0.476. The number of para-hydroxylation sites is 1. The van der Waals surface area contributed by atoms with Gasteiger partial charge in [0.15, 0.2) is 0 Å². The van der Waals surface area contributed by atoms with Crippen LogP contribution >= 0.6 is 0 Å². The molecule has 1 saturated heterocycles. The summed E-state index contributed by atoms with van der Waals surface area (Å²) < 4.78 is 14.0. The number of halogens is 1. The van der Waals surface area contributed by atoms with E-state index in [1.807, 2.05) is 15.9 Å². The van der Waals surface area contributed by atoms with Crippen LogP contribution in [-0.2, 0) is 9.59 Å². The van der Waals surface area contributed by atoms with Gasteiger partial charge in [-0.3, -0.25) is 9.59 Å². The Morgan fingerprint density at radius 3 is 2.30 bits per heavy atom. The molecule has 8 heteroatoms. The standard InChI is InChI=1S/C22H22FN5O2/c1-16(29)28(19-8-6-18(25)7-9-19)22(30)17(14-24)15-26-10-12-27(13-11-26)21-5-3-2-4-20(21)23/h2-9,15H,10-13,25H2,1H3/b17-15-. The fraction of sp³-hybridized carbons (Fsp3) is 0.227. The van der Waals surface area contributed by atoms with Gasteiger partial charge in [-0.1, -0.05) is 12.1 Å². The lowest BCUT2D eigenvalue weighted by Gasteiger charge is -2.35. The lowest BCUT2D eigenvalue weighted by atomic mass is 10.2. The van der Waals surface area contributed by atoms with Gasteiger partial charge in [0.2, 0.25) is 5.91 Å². The van der Waals surface area contributed by atoms with E-state index in [-0.39, 0.29) is 11.4 Å². The number of piperazine rings is 1. The average molecular weight is 407 g/mol. The largest absolute Gasteiger partial charge is 0.399 e. The van der Waals surface area contributed by atoms with E-state index in [2.05, 4.69) is 0 Å². The molecule has 1 aliphatic heterocycles. The SMILES string of the molecule is CC(=O)N(C(=O)/C(C#N)=C\N1CCN(c2ccccc2F)CC1)c1ccc(N)cc1. The number of hydrogen-bond acceptors (Lipinski definition) is 6. The highest BCUT2D eigenvalue weighted by Crippen LogP contribution is 2.22. The number of nitrogens with two attached hydrogens (primary N) is 1. The number of amides is 2. The molecule has 1 fully saturated rings. The van der Waals surface area contributed by atoms with Crippen LogP contribution in [0.2, 0.25) is 0 Å². The third-order valence-corrected chi connectivity index (χ3v) is 4.84. The predicted molar refractivity (Wildman–Crippen MR) is 113 cm³/mol. The smallest absolute Gasteiger partial charge is 0.277 e. The Morgan fingerprint density at radius 1 is 1.10 bits per heavy atom. The van der Waals surface area contributed by atoms with Gasteiger partial charge in [0.05, 0.1) is 11.4 Å². The Hall–Kier alpha value is -3.86. The van der Waals surface area contributed by atoms with Crippen molar-refractivity contribution in [3.63, 3.8) is 0 Å². The lowest BCUT2D eigenvalue weighted by molar-refractivity contribution is -0.123. The van der Waals surface area contributed by atoms with Crippen LogP contribution in [0.25, 0.3) is 0 Å². The van der Waals surface area contributed by atoms with E-state index in [1.54, 1.807) is 42.5 Å². The summed E-state index contributed by atoms with van der Waals surface area (Å²) in [7, 11) is 0. The van der Waals surface area contributed by atoms with Crippen LogP contribution in [0.1, 0.15) is 6.92 Å². The van der Waals surface area contributed by atoms with Crippen molar-refractivity contribution in [2.24, 2.45) is 0 Å². The minimum atomic E-state index is -0.702. The number of benzene rings is 2. The molecule has 0 bridgehead atoms. The summed E-state index contributed by atoms with van der Waals surface area (Å²) in [6, 6.07) is 14.7. The van der Waals surface area contributed by atoms with Gasteiger partial charge in [-0.15, -0.1) is 0 Å². The summed E-state index contributed by atoms with van der Waals surface area (Å²) in [5, 5.41) is 9.53. The Labute approximate surface area is 174 Å². The van der Waals surface area contributed by atoms with Crippen molar-refractivity contribution in [1.29, 1.82) is 5.26 Å². The highest BCUT2D eigenvalue weighted by molar-refractivity contribution is 6.21. The topological polar surface area (TPSA) is 93.7 Å². The molecule has 7 nitrogen and oxygen atoms in total. The van der Waals surface area contributed by atoms with E-state index in [4.69, 9.17) is 5.73 Å². The number of rotatable bonds is 4. The molecule has 0 spiro atoms. The molecule has 0 saturated carbocycles. The summed E-state index contributed by atoms with van der Waals surface area (Å²) in [6.07, 6.45) is 1.47. The second kappa shape index (κ2) is 9.09. The van der Waals surface area contributed by atoms with Crippen LogP contribution < -0.4 is 15.5 Å². The summed E-state index contributed by atoms with van der Waals surface area (Å²) in [6.45, 7) is 3.36. The number of carbonyl (C=O) groups excluding carboxylic acids is 2. The van der Waals surface area contributed by atoms with Gasteiger partial charge in [-0.05, 0) is 36.4 Å². The Morgan fingerprint density at radius 2 is 1.73 bits per heavy atom. The van der Waals surface area contributed by atoms with Gasteiger partial charge in [-0.2, -0.15) is 5.26 Å². The lowest BCUT2D eigenvalue weighted by Crippen LogP contribution is -2.45. The van der Waals surface area contributed by atoms with Gasteiger partial charge in [0.1, 0.15) is 17.5 Å². The number of anilines is 3. The predicted octanol–water partition coefficient (Wildman–Crippen LogP) is 2.52. The van der Waals surface area contributed by atoms with Gasteiger partial charge < -0.3 is 15.5 Å². The molecule has 2 aromatic rings. The van der Waals surface area contributed by atoms with E-state index in [0.29, 0.717) is 43.2 Å². The van der Waals surface area contributed by atoms with Crippen molar-refractivity contribution >= 4 is 28.9 Å². The van der Waals surface area contributed by atoms with Crippen molar-refractivity contribution in [3.8, 4) is 6.07 Å². The summed E-state index contributed by atoms with van der Waals surface area (Å²) in [4.78, 5) is 29.7. The monoisotopic (exact) mass is 407 g/mol. The fourth-order valence-corrected chi connectivity index (χ4v) is 3.30. The molecule has 154 valence electrons. The van der Waals surface area contributed by atoms with Crippen LogP contribution in [0.3, 0.4) is 0 Å². The van der Waals surface area contributed by atoms with Crippen LogP contribution in [0.15, 0.2) is 60.3 Å². The maximum atomic E-state index is 14.0. The van der Waals surface area contributed by atoms with Gasteiger partial charge in [-0.25, -0.2) is 9.29 Å². The van der Waals surface area contributed by atoms with E-state index >= 15 is 0 Å². The van der Waals surface area contributed by atoms with Gasteiger partial charge >= 0.3 is 0 Å². The normalized spacial score (nSPS) is 14.2. The van der Waals surface area contributed by atoms with Gasteiger partial charge in [0.25, 0.3) is 5.91 Å². The maximum Gasteiger partial charge on any atom is 0.277 e. The first kappa shape index (κ1) is 20.9.